The molecule has 0 fully saturated rings. The second kappa shape index (κ2) is 14.4. The summed E-state index contributed by atoms with van der Waals surface area (Å²) in [5, 5.41) is 6.58. The number of nitrogens with zero attached hydrogens (tertiary/aromatic N) is 2. The topological polar surface area (TPSA) is 58.4 Å². The molecule has 0 radical (unpaired) electrons. The van der Waals surface area contributed by atoms with Crippen molar-refractivity contribution in [3.8, 4) is 0 Å². The van der Waals surface area contributed by atoms with Crippen LogP contribution in [0.25, 0.3) is 0 Å². The second-order valence-corrected chi connectivity index (χ2v) is 7.19. The second-order valence-electron chi connectivity index (χ2n) is 6.02. The van der Waals surface area contributed by atoms with E-state index < -0.39 is 0 Å². The summed E-state index contributed by atoms with van der Waals surface area (Å²) in [5.41, 5.74) is 0.0430. The van der Waals surface area contributed by atoms with Crippen LogP contribution in [-0.4, -0.2) is 36.4 Å². The Hall–Kier alpha value is -1.55. The monoisotopic (exact) mass is 518 g/mol. The Morgan fingerprint density at radius 1 is 1.07 bits per heavy atom. The lowest BCUT2D eigenvalue weighted by atomic mass is 10.3. The Morgan fingerprint density at radius 2 is 1.79 bits per heavy atom. The lowest BCUT2D eigenvalue weighted by molar-refractivity contribution is 0.585. The van der Waals surface area contributed by atoms with Gasteiger partial charge in [-0.15, -0.1) is 35.7 Å². The highest BCUT2D eigenvalue weighted by Crippen LogP contribution is 2.18. The van der Waals surface area contributed by atoms with E-state index in [1.807, 2.05) is 12.3 Å². The van der Waals surface area contributed by atoms with Crippen molar-refractivity contribution in [2.45, 2.75) is 30.7 Å². The van der Waals surface area contributed by atoms with Crippen molar-refractivity contribution in [3.63, 3.8) is 0 Å². The van der Waals surface area contributed by atoms with Crippen molar-refractivity contribution >= 4 is 41.7 Å². The molecule has 1 heterocycles. The van der Waals surface area contributed by atoms with Crippen molar-refractivity contribution in [2.24, 2.45) is 4.99 Å². The average molecular weight is 518 g/mol. The Labute approximate surface area is 187 Å². The summed E-state index contributed by atoms with van der Waals surface area (Å²) in [4.78, 5) is 16.9. The minimum absolute atomic E-state index is 0. The molecule has 0 bridgehead atoms. The molecular formula is C20H28FIN4OS. The zero-order valence-electron chi connectivity index (χ0n) is 16.1. The summed E-state index contributed by atoms with van der Waals surface area (Å²) in [6, 6.07) is 11.8. The van der Waals surface area contributed by atoms with E-state index in [4.69, 9.17) is 0 Å². The molecular weight excluding hydrogens is 490 g/mol. The molecule has 8 heteroatoms. The highest BCUT2D eigenvalue weighted by molar-refractivity contribution is 14.0. The predicted octanol–water partition coefficient (Wildman–Crippen LogP) is 3.73. The number of pyridine rings is 1. The Kier molecular flexibility index (Phi) is 12.6. The zero-order chi connectivity index (χ0) is 19.3. The van der Waals surface area contributed by atoms with E-state index in [-0.39, 0.29) is 35.4 Å². The fourth-order valence-electron chi connectivity index (χ4n) is 2.48. The van der Waals surface area contributed by atoms with E-state index in [1.54, 1.807) is 47.6 Å². The lowest BCUT2D eigenvalue weighted by Gasteiger charge is -2.12. The highest BCUT2D eigenvalue weighted by atomic mass is 127. The van der Waals surface area contributed by atoms with E-state index in [2.05, 4.69) is 15.6 Å². The summed E-state index contributed by atoms with van der Waals surface area (Å²) < 4.78 is 14.6. The number of benzene rings is 1. The Bertz CT molecular complexity index is 767. The number of aryl methyl sites for hydroxylation is 1. The summed E-state index contributed by atoms with van der Waals surface area (Å²) in [5.74, 6) is 1.55. The molecule has 0 saturated carbocycles. The Morgan fingerprint density at radius 3 is 2.46 bits per heavy atom. The van der Waals surface area contributed by atoms with E-state index in [0.717, 1.165) is 55.5 Å². The van der Waals surface area contributed by atoms with E-state index in [0.29, 0.717) is 0 Å². The molecule has 2 N–H and O–H groups in total. The number of thioether (sulfide) groups is 1. The summed E-state index contributed by atoms with van der Waals surface area (Å²) in [7, 11) is 1.76. The van der Waals surface area contributed by atoms with Crippen LogP contribution in [0.1, 0.15) is 19.3 Å². The van der Waals surface area contributed by atoms with E-state index in [1.165, 1.54) is 12.1 Å². The van der Waals surface area contributed by atoms with Gasteiger partial charge in [-0.3, -0.25) is 9.79 Å². The summed E-state index contributed by atoms with van der Waals surface area (Å²) >= 11 is 1.72. The fourth-order valence-corrected chi connectivity index (χ4v) is 3.33. The van der Waals surface area contributed by atoms with Crippen LogP contribution in [0.15, 0.2) is 63.3 Å². The molecule has 5 nitrogen and oxygen atoms in total. The summed E-state index contributed by atoms with van der Waals surface area (Å²) in [6.07, 6.45) is 4.70. The third kappa shape index (κ3) is 9.59. The number of guanidine groups is 1. The number of halogens is 2. The first kappa shape index (κ1) is 24.5. The Balaban J connectivity index is 0.00000392. The number of aromatic nitrogens is 1. The van der Waals surface area contributed by atoms with Gasteiger partial charge in [0.1, 0.15) is 5.82 Å². The maximum Gasteiger partial charge on any atom is 0.250 e. The van der Waals surface area contributed by atoms with Gasteiger partial charge in [-0.05, 0) is 55.3 Å². The third-order valence-electron chi connectivity index (χ3n) is 3.94. The minimum atomic E-state index is -0.202. The van der Waals surface area contributed by atoms with Crippen LogP contribution in [-0.2, 0) is 6.54 Å². The molecule has 0 unspecified atom stereocenters. The first-order valence-corrected chi connectivity index (χ1v) is 10.2. The van der Waals surface area contributed by atoms with Crippen LogP contribution >= 0.6 is 35.7 Å². The highest BCUT2D eigenvalue weighted by Gasteiger charge is 1.99. The van der Waals surface area contributed by atoms with Gasteiger partial charge in [0.05, 0.1) is 0 Å². The smallest absolute Gasteiger partial charge is 0.250 e. The van der Waals surface area contributed by atoms with Gasteiger partial charge in [-0.1, -0.05) is 6.07 Å². The largest absolute Gasteiger partial charge is 0.356 e. The number of nitrogens with one attached hydrogen (secondary N) is 2. The SMILES string of the molecule is CN=C(NCCCCn1ccccc1=O)NCCCSc1ccc(F)cc1.I. The van der Waals surface area contributed by atoms with Gasteiger partial charge in [0.2, 0.25) is 5.56 Å². The van der Waals surface area contributed by atoms with Gasteiger partial charge < -0.3 is 15.2 Å². The van der Waals surface area contributed by atoms with Crippen LogP contribution in [0.3, 0.4) is 0 Å². The molecule has 0 aliphatic heterocycles. The van der Waals surface area contributed by atoms with Crippen LogP contribution < -0.4 is 16.2 Å². The van der Waals surface area contributed by atoms with Gasteiger partial charge in [0.25, 0.3) is 0 Å². The molecule has 0 spiro atoms. The maximum atomic E-state index is 12.9. The van der Waals surface area contributed by atoms with Gasteiger partial charge in [-0.25, -0.2) is 4.39 Å². The van der Waals surface area contributed by atoms with Crippen LogP contribution in [0.2, 0.25) is 0 Å². The van der Waals surface area contributed by atoms with Crippen molar-refractivity contribution in [1.82, 2.24) is 15.2 Å². The van der Waals surface area contributed by atoms with Crippen LogP contribution in [0.5, 0.6) is 0 Å². The number of hydrogen-bond acceptors (Lipinski definition) is 3. The molecule has 0 atom stereocenters. The minimum Gasteiger partial charge on any atom is -0.356 e. The molecule has 1 aromatic heterocycles. The number of unbranched alkanes of at least 4 members (excludes halogenated alkanes) is 1. The van der Waals surface area contributed by atoms with Gasteiger partial charge in [0, 0.05) is 43.8 Å². The molecule has 0 saturated heterocycles. The number of aliphatic imine (C=N–C) groups is 1. The lowest BCUT2D eigenvalue weighted by Crippen LogP contribution is -2.38. The standard InChI is InChI=1S/C20H27FN4OS.HI/c1-22-20(23-12-3-5-15-25-14-4-2-7-19(25)26)24-13-6-16-27-18-10-8-17(21)9-11-18;/h2,4,7-11,14H,3,5-6,12-13,15-16H2,1H3,(H2,22,23,24);1H. The molecule has 2 aromatic rings. The van der Waals surface area contributed by atoms with Crippen LogP contribution in [0.4, 0.5) is 4.39 Å². The average Bonchev–Trinajstić information content (AvgIpc) is 2.68. The van der Waals surface area contributed by atoms with Crippen molar-refractivity contribution in [2.75, 3.05) is 25.9 Å². The number of rotatable bonds is 10. The van der Waals surface area contributed by atoms with Gasteiger partial charge >= 0.3 is 0 Å². The van der Waals surface area contributed by atoms with Gasteiger partial charge in [-0.2, -0.15) is 0 Å². The normalized spacial score (nSPS) is 11.0. The van der Waals surface area contributed by atoms with Crippen molar-refractivity contribution in [1.29, 1.82) is 0 Å². The van der Waals surface area contributed by atoms with Crippen molar-refractivity contribution in [3.05, 3.63) is 64.8 Å². The maximum absolute atomic E-state index is 12.9. The zero-order valence-corrected chi connectivity index (χ0v) is 19.2. The van der Waals surface area contributed by atoms with Crippen molar-refractivity contribution < 1.29 is 4.39 Å². The molecule has 0 aliphatic carbocycles. The van der Waals surface area contributed by atoms with Gasteiger partial charge in [0.15, 0.2) is 5.96 Å². The molecule has 0 aliphatic rings. The predicted molar refractivity (Wildman–Crippen MR) is 126 cm³/mol. The molecule has 28 heavy (non-hydrogen) atoms. The third-order valence-corrected chi connectivity index (χ3v) is 5.04. The first-order chi connectivity index (χ1) is 13.2. The number of hydrogen-bond donors (Lipinski definition) is 2. The van der Waals surface area contributed by atoms with E-state index in [9.17, 15) is 9.18 Å². The van der Waals surface area contributed by atoms with E-state index >= 15 is 0 Å². The first-order valence-electron chi connectivity index (χ1n) is 9.17. The molecule has 2 rings (SSSR count). The fraction of sp³-hybridized carbons (Fsp3) is 0.400. The summed E-state index contributed by atoms with van der Waals surface area (Å²) in [6.45, 7) is 2.37. The van der Waals surface area contributed by atoms with Crippen LogP contribution in [0, 0.1) is 5.82 Å². The quantitative estimate of drug-likeness (QED) is 0.166. The molecule has 0 amide bonds. The molecule has 154 valence electrons. The molecule has 1 aromatic carbocycles.